The van der Waals surface area contributed by atoms with E-state index in [2.05, 4.69) is 235 Å². The van der Waals surface area contributed by atoms with Crippen molar-refractivity contribution in [1.29, 1.82) is 0 Å². The van der Waals surface area contributed by atoms with Crippen LogP contribution in [0.1, 0.15) is 79.0 Å². The second-order valence-electron chi connectivity index (χ2n) is 20.3. The summed E-state index contributed by atoms with van der Waals surface area (Å²) in [5, 5.41) is 2.23. The van der Waals surface area contributed by atoms with E-state index in [0.29, 0.717) is 11.5 Å². The van der Waals surface area contributed by atoms with Crippen LogP contribution in [0.5, 0.6) is 11.5 Å². The van der Waals surface area contributed by atoms with Crippen molar-refractivity contribution >= 4 is 44.6 Å². The second-order valence-corrected chi connectivity index (χ2v) is 20.3. The Bertz CT molecular complexity index is 3220. The Kier molecular flexibility index (Phi) is 11.6. The molecule has 334 valence electrons. The predicted molar refractivity (Wildman–Crippen MR) is 271 cm³/mol. The smallest absolute Gasteiger partial charge is 0.135 e. The Hall–Kier alpha value is -6.42. The number of fused-ring (bicyclic) bond motifs is 4. The van der Waals surface area contributed by atoms with Crippen molar-refractivity contribution < 1.29 is 25.8 Å². The molecule has 9 aromatic rings. The molecule has 0 aliphatic carbocycles. The first kappa shape index (κ1) is 44.8. The maximum Gasteiger partial charge on any atom is 0.135 e. The number of pyridine rings is 1. The minimum absolute atomic E-state index is 0. The fourth-order valence-electron chi connectivity index (χ4n) is 8.90. The molecule has 0 spiro atoms. The van der Waals surface area contributed by atoms with Gasteiger partial charge in [-0.25, -0.2) is 4.98 Å². The standard InChI is InChI=1S/C60H55N4O.Pt/c1-58(2,3)43-26-21-40(22-27-43)42-25-31-49(41-23-28-44(29-24-41)59(4,5)6)55(35-42)63-39-62(53-19-12-13-20-54(53)63)46-15-14-16-47(37-46)65-48-30-32-51-50-17-10-11-18-52(50)64(56(51)38-48)57-36-45(33-34-61-57)60(7,8)9;/h10-36,39H,1-9H3;/q-3;. The average Bonchev–Trinajstić information content (AvgIpc) is 3.84. The number of hydrogen-bond acceptors (Lipinski definition) is 4. The van der Waals surface area contributed by atoms with Gasteiger partial charge in [0.2, 0.25) is 0 Å². The van der Waals surface area contributed by atoms with Crippen LogP contribution in [0.2, 0.25) is 0 Å². The summed E-state index contributed by atoms with van der Waals surface area (Å²) in [5.74, 6) is 2.05. The average molecular weight is 1040 g/mol. The normalized spacial score (nSPS) is 13.0. The fourth-order valence-corrected chi connectivity index (χ4v) is 8.90. The Morgan fingerprint density at radius 1 is 0.485 bits per heavy atom. The Morgan fingerprint density at radius 3 is 1.77 bits per heavy atom. The summed E-state index contributed by atoms with van der Waals surface area (Å²) in [6.45, 7) is 22.4. The summed E-state index contributed by atoms with van der Waals surface area (Å²) < 4.78 is 8.85. The molecule has 66 heavy (non-hydrogen) atoms. The molecule has 0 atom stereocenters. The monoisotopic (exact) mass is 1040 g/mol. The van der Waals surface area contributed by atoms with Crippen molar-refractivity contribution in [2.75, 3.05) is 9.80 Å². The Labute approximate surface area is 405 Å². The van der Waals surface area contributed by atoms with E-state index in [1.165, 1.54) is 27.8 Å². The van der Waals surface area contributed by atoms with Gasteiger partial charge in [-0.15, -0.1) is 48.1 Å². The van der Waals surface area contributed by atoms with Crippen LogP contribution in [-0.4, -0.2) is 9.55 Å². The minimum Gasteiger partial charge on any atom is -0.509 e. The molecule has 0 amide bonds. The maximum atomic E-state index is 6.66. The summed E-state index contributed by atoms with van der Waals surface area (Å²) >= 11 is 0. The molecule has 1 aliphatic heterocycles. The number of nitrogens with zero attached hydrogens (tertiary/aromatic N) is 4. The van der Waals surface area contributed by atoms with E-state index in [-0.39, 0.29) is 37.3 Å². The van der Waals surface area contributed by atoms with Crippen molar-refractivity contribution in [2.24, 2.45) is 0 Å². The SMILES string of the molecule is CC(C)(C)c1ccc(-c2ccc(-c3ccc(C(C)(C)C)cc3)c(N3[CH-]N(c4[c-]c(Oc5[c-]c6c(cc5)c5ccccc5n6-c5cc(C(C)(C)C)ccn5)ccc4)c4ccccc43)c2)cc1.[Pt]. The predicted octanol–water partition coefficient (Wildman–Crippen LogP) is 16.2. The van der Waals surface area contributed by atoms with Gasteiger partial charge in [0.15, 0.2) is 0 Å². The van der Waals surface area contributed by atoms with Crippen LogP contribution >= 0.6 is 0 Å². The zero-order chi connectivity index (χ0) is 45.3. The first-order chi connectivity index (χ1) is 31.1. The molecule has 0 fully saturated rings. The summed E-state index contributed by atoms with van der Waals surface area (Å²) in [4.78, 5) is 9.39. The van der Waals surface area contributed by atoms with Crippen LogP contribution in [0.15, 0.2) is 164 Å². The van der Waals surface area contributed by atoms with Crippen LogP contribution in [-0.2, 0) is 37.3 Å². The van der Waals surface area contributed by atoms with Gasteiger partial charge in [-0.1, -0.05) is 159 Å². The van der Waals surface area contributed by atoms with Crippen LogP contribution in [0.25, 0.3) is 49.9 Å². The van der Waals surface area contributed by atoms with Gasteiger partial charge >= 0.3 is 0 Å². The molecule has 0 saturated heterocycles. The molecule has 0 saturated carbocycles. The first-order valence-electron chi connectivity index (χ1n) is 22.6. The van der Waals surface area contributed by atoms with Crippen molar-refractivity contribution in [2.45, 2.75) is 78.6 Å². The number of aromatic nitrogens is 2. The van der Waals surface area contributed by atoms with E-state index in [1.54, 1.807) is 0 Å². The molecule has 10 rings (SSSR count). The van der Waals surface area contributed by atoms with Gasteiger partial charge in [0, 0.05) is 66.9 Å². The molecule has 1 aliphatic rings. The van der Waals surface area contributed by atoms with E-state index in [0.717, 1.165) is 61.5 Å². The van der Waals surface area contributed by atoms with Gasteiger partial charge in [-0.3, -0.25) is 0 Å². The minimum atomic E-state index is -0.0246. The summed E-state index contributed by atoms with van der Waals surface area (Å²) in [6, 6.07) is 63.7. The van der Waals surface area contributed by atoms with Gasteiger partial charge < -0.3 is 19.1 Å². The number of anilines is 4. The number of benzene rings is 7. The van der Waals surface area contributed by atoms with Gasteiger partial charge in [0.05, 0.1) is 0 Å². The Balaban J connectivity index is 0.00000548. The van der Waals surface area contributed by atoms with E-state index in [1.807, 2.05) is 24.4 Å². The van der Waals surface area contributed by atoms with Crippen molar-refractivity contribution in [3.8, 4) is 39.6 Å². The van der Waals surface area contributed by atoms with E-state index in [4.69, 9.17) is 9.72 Å². The number of rotatable bonds is 7. The maximum absolute atomic E-state index is 6.66. The van der Waals surface area contributed by atoms with E-state index in [9.17, 15) is 0 Å². The molecule has 6 heteroatoms. The van der Waals surface area contributed by atoms with Gasteiger partial charge in [-0.2, -0.15) is 12.1 Å². The topological polar surface area (TPSA) is 33.5 Å². The van der Waals surface area contributed by atoms with Crippen molar-refractivity contribution in [1.82, 2.24) is 9.55 Å². The third-order valence-corrected chi connectivity index (χ3v) is 12.7. The van der Waals surface area contributed by atoms with Gasteiger partial charge in [0.25, 0.3) is 0 Å². The largest absolute Gasteiger partial charge is 0.509 e. The Morgan fingerprint density at radius 2 is 1.09 bits per heavy atom. The number of para-hydroxylation sites is 3. The third-order valence-electron chi connectivity index (χ3n) is 12.7. The summed E-state index contributed by atoms with van der Waals surface area (Å²) in [7, 11) is 0. The molecule has 0 N–H and O–H groups in total. The molecule has 5 nitrogen and oxygen atoms in total. The van der Waals surface area contributed by atoms with Crippen LogP contribution in [0.3, 0.4) is 0 Å². The second kappa shape index (κ2) is 17.1. The molecular formula is C60H55N4OPt-3. The molecule has 7 aromatic carbocycles. The molecule has 0 bridgehead atoms. The molecule has 0 unspecified atom stereocenters. The molecule has 0 radical (unpaired) electrons. The van der Waals surface area contributed by atoms with Gasteiger partial charge in [0.1, 0.15) is 5.82 Å². The number of ether oxygens (including phenoxy) is 1. The van der Waals surface area contributed by atoms with Crippen molar-refractivity contribution in [3.05, 3.63) is 199 Å². The number of hydrogen-bond donors (Lipinski definition) is 0. The molecule has 2 aromatic heterocycles. The quantitative estimate of drug-likeness (QED) is 0.149. The van der Waals surface area contributed by atoms with Crippen molar-refractivity contribution in [3.63, 3.8) is 0 Å². The van der Waals surface area contributed by atoms with E-state index < -0.39 is 0 Å². The molecule has 3 heterocycles. The third kappa shape index (κ3) is 8.46. The summed E-state index contributed by atoms with van der Waals surface area (Å²) in [5.41, 5.74) is 14.7. The zero-order valence-corrected chi connectivity index (χ0v) is 41.5. The zero-order valence-electron chi connectivity index (χ0n) is 39.2. The molecular weight excluding hydrogens is 988 g/mol. The van der Waals surface area contributed by atoms with Gasteiger partial charge in [-0.05, 0) is 91.4 Å². The van der Waals surface area contributed by atoms with Crippen LogP contribution in [0, 0.1) is 18.8 Å². The van der Waals surface area contributed by atoms with E-state index >= 15 is 0 Å². The summed E-state index contributed by atoms with van der Waals surface area (Å²) in [6.07, 6.45) is 1.90. The first-order valence-corrected chi connectivity index (χ1v) is 22.6. The van der Waals surface area contributed by atoms with Crippen LogP contribution in [0.4, 0.5) is 22.7 Å². The fraction of sp³-hybridized carbons (Fsp3) is 0.200. The van der Waals surface area contributed by atoms with Crippen LogP contribution < -0.4 is 14.5 Å².